The van der Waals surface area contributed by atoms with E-state index in [9.17, 15) is 9.18 Å². The Balaban J connectivity index is 2.86. The number of nitrogens with two attached hydrogens (primary N) is 1. The van der Waals surface area contributed by atoms with Crippen LogP contribution in [0.3, 0.4) is 0 Å². The fraction of sp³-hybridized carbons (Fsp3) is 0.308. The van der Waals surface area contributed by atoms with Crippen LogP contribution in [-0.2, 0) is 0 Å². The molecule has 1 aromatic carbocycles. The molecule has 4 heteroatoms. The van der Waals surface area contributed by atoms with Crippen molar-refractivity contribution in [2.45, 2.75) is 20.3 Å². The van der Waals surface area contributed by atoms with Gasteiger partial charge in [0, 0.05) is 0 Å². The molecule has 0 fully saturated rings. The molecule has 0 saturated heterocycles. The van der Waals surface area contributed by atoms with Crippen LogP contribution in [0.2, 0.25) is 0 Å². The molecule has 0 aromatic heterocycles. The molecule has 0 aliphatic carbocycles. The highest BCUT2D eigenvalue weighted by Crippen LogP contribution is 2.27. The SMILES string of the molecule is CC(C)=C(CCN)SC(=O)c1ccccc1F. The maximum absolute atomic E-state index is 13.4. The van der Waals surface area contributed by atoms with Crippen LogP contribution in [-0.4, -0.2) is 11.7 Å². The molecule has 0 aliphatic rings. The van der Waals surface area contributed by atoms with Gasteiger partial charge in [-0.25, -0.2) is 4.39 Å². The van der Waals surface area contributed by atoms with E-state index in [1.807, 2.05) is 13.8 Å². The predicted molar refractivity (Wildman–Crippen MR) is 70.4 cm³/mol. The van der Waals surface area contributed by atoms with Gasteiger partial charge in [0.25, 0.3) is 0 Å². The van der Waals surface area contributed by atoms with E-state index in [-0.39, 0.29) is 10.7 Å². The normalized spacial score (nSPS) is 10.1. The van der Waals surface area contributed by atoms with Crippen molar-refractivity contribution in [1.29, 1.82) is 0 Å². The van der Waals surface area contributed by atoms with Gasteiger partial charge in [-0.05, 0) is 43.9 Å². The van der Waals surface area contributed by atoms with Crippen LogP contribution in [0.25, 0.3) is 0 Å². The van der Waals surface area contributed by atoms with Crippen molar-refractivity contribution in [1.82, 2.24) is 0 Å². The third kappa shape index (κ3) is 3.98. The van der Waals surface area contributed by atoms with Crippen LogP contribution >= 0.6 is 11.8 Å². The van der Waals surface area contributed by atoms with Gasteiger partial charge in [0.05, 0.1) is 5.56 Å². The van der Waals surface area contributed by atoms with Gasteiger partial charge in [0.2, 0.25) is 5.12 Å². The molecule has 0 atom stereocenters. The van der Waals surface area contributed by atoms with Crippen molar-refractivity contribution in [3.05, 3.63) is 46.1 Å². The number of carbonyl (C=O) groups excluding carboxylic acids is 1. The van der Waals surface area contributed by atoms with Crippen molar-refractivity contribution in [2.24, 2.45) is 5.73 Å². The molecule has 0 bridgehead atoms. The summed E-state index contributed by atoms with van der Waals surface area (Å²) in [6, 6.07) is 6.01. The van der Waals surface area contributed by atoms with Crippen LogP contribution in [0.1, 0.15) is 30.6 Å². The smallest absolute Gasteiger partial charge is 0.226 e. The number of carbonyl (C=O) groups is 1. The number of hydrogen-bond acceptors (Lipinski definition) is 3. The van der Waals surface area contributed by atoms with Gasteiger partial charge in [-0.1, -0.05) is 29.5 Å². The fourth-order valence-corrected chi connectivity index (χ4v) is 2.25. The zero-order valence-corrected chi connectivity index (χ0v) is 10.8. The number of rotatable bonds is 4. The third-order valence-electron chi connectivity index (χ3n) is 2.24. The van der Waals surface area contributed by atoms with Crippen LogP contribution in [0.15, 0.2) is 34.7 Å². The Morgan fingerprint density at radius 2 is 2.00 bits per heavy atom. The highest BCUT2D eigenvalue weighted by molar-refractivity contribution is 8.17. The molecule has 17 heavy (non-hydrogen) atoms. The summed E-state index contributed by atoms with van der Waals surface area (Å²) in [7, 11) is 0. The molecular formula is C13H16FNOS. The predicted octanol–water partition coefficient (Wildman–Crippen LogP) is 3.34. The van der Waals surface area contributed by atoms with Crippen molar-refractivity contribution in [3.63, 3.8) is 0 Å². The molecule has 0 aliphatic heterocycles. The maximum atomic E-state index is 13.4. The van der Waals surface area contributed by atoms with Crippen molar-refractivity contribution in [3.8, 4) is 0 Å². The van der Waals surface area contributed by atoms with Crippen molar-refractivity contribution < 1.29 is 9.18 Å². The van der Waals surface area contributed by atoms with Crippen molar-refractivity contribution >= 4 is 16.9 Å². The topological polar surface area (TPSA) is 43.1 Å². The van der Waals surface area contributed by atoms with Crippen LogP contribution < -0.4 is 5.73 Å². The number of thioether (sulfide) groups is 1. The van der Waals surface area contributed by atoms with E-state index >= 15 is 0 Å². The van der Waals surface area contributed by atoms with Gasteiger partial charge in [-0.15, -0.1) is 0 Å². The average Bonchev–Trinajstić information content (AvgIpc) is 2.28. The van der Waals surface area contributed by atoms with E-state index in [0.29, 0.717) is 13.0 Å². The number of halogens is 1. The Morgan fingerprint density at radius 3 is 2.53 bits per heavy atom. The first-order valence-corrected chi connectivity index (χ1v) is 6.21. The number of hydrogen-bond donors (Lipinski definition) is 1. The second-order valence-electron chi connectivity index (χ2n) is 3.83. The lowest BCUT2D eigenvalue weighted by molar-refractivity contribution is 0.108. The first-order chi connectivity index (χ1) is 8.06. The van der Waals surface area contributed by atoms with Gasteiger partial charge < -0.3 is 5.73 Å². The highest BCUT2D eigenvalue weighted by Gasteiger charge is 2.14. The van der Waals surface area contributed by atoms with Gasteiger partial charge in [0.15, 0.2) is 0 Å². The fourth-order valence-electron chi connectivity index (χ4n) is 1.33. The molecule has 0 saturated carbocycles. The van der Waals surface area contributed by atoms with E-state index in [2.05, 4.69) is 0 Å². The van der Waals surface area contributed by atoms with Crippen LogP contribution in [0.5, 0.6) is 0 Å². The monoisotopic (exact) mass is 253 g/mol. The quantitative estimate of drug-likeness (QED) is 0.895. The summed E-state index contributed by atoms with van der Waals surface area (Å²) in [5, 5.41) is -0.271. The van der Waals surface area contributed by atoms with Crippen LogP contribution in [0.4, 0.5) is 4.39 Å². The first kappa shape index (κ1) is 13.9. The highest BCUT2D eigenvalue weighted by atomic mass is 32.2. The zero-order valence-electron chi connectivity index (χ0n) is 10.00. The molecule has 2 nitrogen and oxygen atoms in total. The molecule has 92 valence electrons. The van der Waals surface area contributed by atoms with Gasteiger partial charge in [-0.3, -0.25) is 4.79 Å². The standard InChI is InChI=1S/C13H16FNOS/c1-9(2)12(7-8-15)17-13(16)10-5-3-4-6-11(10)14/h3-6H,7-8,15H2,1-2H3. The summed E-state index contributed by atoms with van der Waals surface area (Å²) in [4.78, 5) is 12.8. The summed E-state index contributed by atoms with van der Waals surface area (Å²) in [5.74, 6) is -0.481. The molecule has 1 rings (SSSR count). The molecule has 2 N–H and O–H groups in total. The minimum atomic E-state index is -0.481. The van der Waals surface area contributed by atoms with Gasteiger partial charge >= 0.3 is 0 Å². The zero-order chi connectivity index (χ0) is 12.8. The number of allylic oxidation sites excluding steroid dienone is 1. The van der Waals surface area contributed by atoms with Crippen LogP contribution in [0, 0.1) is 5.82 Å². The summed E-state index contributed by atoms with van der Waals surface area (Å²) in [5.41, 5.74) is 6.64. The molecule has 0 radical (unpaired) electrons. The van der Waals surface area contributed by atoms with E-state index in [1.54, 1.807) is 12.1 Å². The largest absolute Gasteiger partial charge is 0.330 e. The lowest BCUT2D eigenvalue weighted by atomic mass is 10.2. The van der Waals surface area contributed by atoms with Gasteiger partial charge in [0.1, 0.15) is 5.82 Å². The Morgan fingerprint density at radius 1 is 1.35 bits per heavy atom. The minimum Gasteiger partial charge on any atom is -0.330 e. The van der Waals surface area contributed by atoms with Crippen molar-refractivity contribution in [2.75, 3.05) is 6.54 Å². The van der Waals surface area contributed by atoms with E-state index in [1.165, 1.54) is 12.1 Å². The maximum Gasteiger partial charge on any atom is 0.226 e. The lowest BCUT2D eigenvalue weighted by Crippen LogP contribution is -2.03. The lowest BCUT2D eigenvalue weighted by Gasteiger charge is -2.07. The second kappa shape index (κ2) is 6.57. The molecule has 0 unspecified atom stereocenters. The summed E-state index contributed by atoms with van der Waals surface area (Å²) in [6.45, 7) is 4.33. The Bertz CT molecular complexity index is 439. The van der Waals surface area contributed by atoms with E-state index in [0.717, 1.165) is 22.2 Å². The Hall–Kier alpha value is -1.13. The summed E-state index contributed by atoms with van der Waals surface area (Å²) in [6.07, 6.45) is 0.646. The number of benzene rings is 1. The molecule has 1 aromatic rings. The van der Waals surface area contributed by atoms with Gasteiger partial charge in [-0.2, -0.15) is 0 Å². The van der Waals surface area contributed by atoms with E-state index in [4.69, 9.17) is 5.73 Å². The minimum absolute atomic E-state index is 0.119. The Kier molecular flexibility index (Phi) is 5.38. The molecule has 0 spiro atoms. The molecular weight excluding hydrogens is 237 g/mol. The summed E-state index contributed by atoms with van der Waals surface area (Å²) < 4.78 is 13.4. The third-order valence-corrected chi connectivity index (χ3v) is 3.50. The molecule has 0 heterocycles. The second-order valence-corrected chi connectivity index (χ2v) is 4.90. The first-order valence-electron chi connectivity index (χ1n) is 5.39. The molecule has 0 amide bonds. The van der Waals surface area contributed by atoms with E-state index < -0.39 is 5.82 Å². The summed E-state index contributed by atoms with van der Waals surface area (Å²) >= 11 is 1.07. The average molecular weight is 253 g/mol. The Labute approximate surface area is 105 Å².